The quantitative estimate of drug-likeness (QED) is 0.113. The second-order valence-corrected chi connectivity index (χ2v) is 16.3. The monoisotopic (exact) mass is 816 g/mol. The molecule has 0 radical (unpaired) electrons. The van der Waals surface area contributed by atoms with Gasteiger partial charge in [-0.05, 0) is 141 Å². The second kappa shape index (κ2) is 15.7. The summed E-state index contributed by atoms with van der Waals surface area (Å²) in [7, 11) is 0. The molecule has 2 aromatic heterocycles. The lowest BCUT2D eigenvalue weighted by Gasteiger charge is -2.27. The van der Waals surface area contributed by atoms with Crippen molar-refractivity contribution in [2.24, 2.45) is 0 Å². The van der Waals surface area contributed by atoms with Gasteiger partial charge in [0.15, 0.2) is 0 Å². The molecule has 2 heterocycles. The van der Waals surface area contributed by atoms with E-state index in [1.54, 1.807) is 0 Å². The van der Waals surface area contributed by atoms with Crippen LogP contribution in [0.25, 0.3) is 77.0 Å². The molecule has 64 heavy (non-hydrogen) atoms. The fraction of sp³-hybridized carbons (Fsp3) is 0. The third-order valence-electron chi connectivity index (χ3n) is 12.4. The Hall–Kier alpha value is -8.60. The van der Waals surface area contributed by atoms with Gasteiger partial charge in [-0.25, -0.2) is 0 Å². The van der Waals surface area contributed by atoms with Gasteiger partial charge in [0.1, 0.15) is 0 Å². The van der Waals surface area contributed by atoms with E-state index in [0.29, 0.717) is 0 Å². The lowest BCUT2D eigenvalue weighted by atomic mass is 9.98. The molecule has 0 bridgehead atoms. The number of hydrogen-bond donors (Lipinski definition) is 0. The molecule has 4 nitrogen and oxygen atoms in total. The molecule has 0 amide bonds. The molecular weight excluding hydrogens is 777 g/mol. The summed E-state index contributed by atoms with van der Waals surface area (Å²) in [6, 6.07) is 78.1. The molecule has 0 N–H and O–H groups in total. The van der Waals surface area contributed by atoms with Crippen LogP contribution in [0.5, 0.6) is 0 Å². The van der Waals surface area contributed by atoms with E-state index in [9.17, 15) is 0 Å². The first kappa shape index (κ1) is 37.2. The summed E-state index contributed by atoms with van der Waals surface area (Å²) < 4.78 is 0. The van der Waals surface area contributed by atoms with Crippen LogP contribution in [-0.2, 0) is 0 Å². The molecule has 0 aliphatic carbocycles. The molecule has 12 rings (SSSR count). The van der Waals surface area contributed by atoms with Crippen molar-refractivity contribution in [1.29, 1.82) is 0 Å². The molecule has 0 atom stereocenters. The Morgan fingerprint density at radius 2 is 0.688 bits per heavy atom. The SMILES string of the molecule is C(=C\c1ccc2cc(N(c3ccccc3)c3ccc4ccccc4c3)c3cccnc3c2c1)/c1ccc2cc(N(c3ccccc3)c3ccc4ccccc4c3)c3cccnc3c2c1. The third kappa shape index (κ3) is 6.66. The zero-order chi connectivity index (χ0) is 42.4. The zero-order valence-corrected chi connectivity index (χ0v) is 34.9. The zero-order valence-electron chi connectivity index (χ0n) is 34.9. The topological polar surface area (TPSA) is 32.3 Å². The first-order valence-electron chi connectivity index (χ1n) is 21.7. The van der Waals surface area contributed by atoms with Crippen LogP contribution in [0.4, 0.5) is 34.1 Å². The van der Waals surface area contributed by atoms with Gasteiger partial charge in [0.2, 0.25) is 0 Å². The van der Waals surface area contributed by atoms with Crippen LogP contribution in [0.15, 0.2) is 231 Å². The molecule has 0 aliphatic heterocycles. The summed E-state index contributed by atoms with van der Waals surface area (Å²) in [6.45, 7) is 0. The Morgan fingerprint density at radius 3 is 1.14 bits per heavy atom. The van der Waals surface area contributed by atoms with Crippen molar-refractivity contribution in [2.45, 2.75) is 0 Å². The number of pyridine rings is 2. The molecule has 0 spiro atoms. The number of aromatic nitrogens is 2. The number of benzene rings is 10. The highest BCUT2D eigenvalue weighted by Gasteiger charge is 2.20. The predicted molar refractivity (Wildman–Crippen MR) is 272 cm³/mol. The summed E-state index contributed by atoms with van der Waals surface area (Å²) in [6.07, 6.45) is 8.21. The Balaban J connectivity index is 0.934. The average molecular weight is 817 g/mol. The lowest BCUT2D eigenvalue weighted by molar-refractivity contribution is 1.30. The number of rotatable bonds is 8. The summed E-state index contributed by atoms with van der Waals surface area (Å²) in [5.74, 6) is 0. The summed E-state index contributed by atoms with van der Waals surface area (Å²) in [5.41, 5.74) is 10.7. The van der Waals surface area contributed by atoms with Crippen LogP contribution in [0.1, 0.15) is 11.1 Å². The molecule has 0 saturated heterocycles. The maximum Gasteiger partial charge on any atom is 0.0801 e. The van der Waals surface area contributed by atoms with Gasteiger partial charge in [-0.3, -0.25) is 9.97 Å². The van der Waals surface area contributed by atoms with Crippen molar-refractivity contribution in [2.75, 3.05) is 9.80 Å². The molecule has 0 fully saturated rings. The number of para-hydroxylation sites is 2. The average Bonchev–Trinajstić information content (AvgIpc) is 3.36. The van der Waals surface area contributed by atoms with E-state index in [4.69, 9.17) is 9.97 Å². The highest BCUT2D eigenvalue weighted by Crippen LogP contribution is 2.44. The van der Waals surface area contributed by atoms with E-state index < -0.39 is 0 Å². The molecule has 0 saturated carbocycles. The van der Waals surface area contributed by atoms with Crippen LogP contribution < -0.4 is 9.80 Å². The normalized spacial score (nSPS) is 11.7. The van der Waals surface area contributed by atoms with Gasteiger partial charge in [-0.1, -0.05) is 133 Å². The van der Waals surface area contributed by atoms with Crippen LogP contribution in [0.2, 0.25) is 0 Å². The first-order valence-corrected chi connectivity index (χ1v) is 21.7. The Bertz CT molecular complexity index is 3500. The number of hydrogen-bond acceptors (Lipinski definition) is 4. The van der Waals surface area contributed by atoms with Crippen molar-refractivity contribution >= 4 is 111 Å². The minimum atomic E-state index is 0.972. The van der Waals surface area contributed by atoms with Crippen LogP contribution >= 0.6 is 0 Å². The van der Waals surface area contributed by atoms with Gasteiger partial charge < -0.3 is 9.80 Å². The molecule has 0 unspecified atom stereocenters. The van der Waals surface area contributed by atoms with E-state index in [2.05, 4.69) is 228 Å². The van der Waals surface area contributed by atoms with E-state index in [1.807, 2.05) is 24.5 Å². The van der Waals surface area contributed by atoms with E-state index in [0.717, 1.165) is 88.6 Å². The van der Waals surface area contributed by atoms with Crippen molar-refractivity contribution in [3.63, 3.8) is 0 Å². The van der Waals surface area contributed by atoms with E-state index in [1.165, 1.54) is 21.5 Å². The fourth-order valence-corrected chi connectivity index (χ4v) is 9.32. The van der Waals surface area contributed by atoms with E-state index >= 15 is 0 Å². The predicted octanol–water partition coefficient (Wildman–Crippen LogP) is 16.5. The van der Waals surface area contributed by atoms with Crippen molar-refractivity contribution in [3.05, 3.63) is 242 Å². The standard InChI is InChI=1S/C60H40N4/c1-3-17-49(18-4-1)63(51-31-29-43-13-7-9-15-45(43)37-51)57-39-47-27-25-41(35-55(47)59-53(57)21-11-33-61-59)23-24-42-26-28-48-40-58(54-22-12-34-62-60(54)56(48)36-42)64(50-19-5-2-6-20-50)52-32-30-44-14-8-10-16-46(44)38-52/h1-40H/b24-23+. The summed E-state index contributed by atoms with van der Waals surface area (Å²) in [5, 5.41) is 11.5. The van der Waals surface area contributed by atoms with Crippen molar-refractivity contribution in [1.82, 2.24) is 9.97 Å². The van der Waals surface area contributed by atoms with Gasteiger partial charge in [-0.2, -0.15) is 0 Å². The smallest absolute Gasteiger partial charge is 0.0801 e. The Morgan fingerprint density at radius 1 is 0.281 bits per heavy atom. The highest BCUT2D eigenvalue weighted by atomic mass is 15.1. The maximum absolute atomic E-state index is 5.02. The molecule has 12 aromatic rings. The molecule has 4 heteroatoms. The number of anilines is 6. The summed E-state index contributed by atoms with van der Waals surface area (Å²) >= 11 is 0. The van der Waals surface area contributed by atoms with Crippen molar-refractivity contribution < 1.29 is 0 Å². The van der Waals surface area contributed by atoms with Crippen LogP contribution in [-0.4, -0.2) is 9.97 Å². The first-order chi connectivity index (χ1) is 31.7. The third-order valence-corrected chi connectivity index (χ3v) is 12.4. The fourth-order valence-electron chi connectivity index (χ4n) is 9.32. The van der Waals surface area contributed by atoms with Crippen LogP contribution in [0.3, 0.4) is 0 Å². The highest BCUT2D eigenvalue weighted by molar-refractivity contribution is 6.15. The number of nitrogens with zero attached hydrogens (tertiary/aromatic N) is 4. The molecule has 0 aliphatic rings. The number of fused-ring (bicyclic) bond motifs is 8. The molecular formula is C60H40N4. The molecule has 300 valence electrons. The minimum Gasteiger partial charge on any atom is -0.310 e. The Labute approximate surface area is 371 Å². The van der Waals surface area contributed by atoms with Gasteiger partial charge >= 0.3 is 0 Å². The van der Waals surface area contributed by atoms with Gasteiger partial charge in [0.05, 0.1) is 22.4 Å². The van der Waals surface area contributed by atoms with Gasteiger partial charge in [0, 0.05) is 56.7 Å². The maximum atomic E-state index is 5.02. The van der Waals surface area contributed by atoms with Crippen molar-refractivity contribution in [3.8, 4) is 0 Å². The lowest BCUT2D eigenvalue weighted by Crippen LogP contribution is -2.10. The van der Waals surface area contributed by atoms with Crippen LogP contribution in [0, 0.1) is 0 Å². The summed E-state index contributed by atoms with van der Waals surface area (Å²) in [4.78, 5) is 14.8. The largest absolute Gasteiger partial charge is 0.310 e. The van der Waals surface area contributed by atoms with E-state index in [-0.39, 0.29) is 0 Å². The second-order valence-electron chi connectivity index (χ2n) is 16.3. The van der Waals surface area contributed by atoms with Gasteiger partial charge in [0.25, 0.3) is 0 Å². The Kier molecular flexibility index (Phi) is 9.12. The molecule has 10 aromatic carbocycles. The minimum absolute atomic E-state index is 0.972. The van der Waals surface area contributed by atoms with Gasteiger partial charge in [-0.15, -0.1) is 0 Å².